The third kappa shape index (κ3) is 12.5. The van der Waals surface area contributed by atoms with Gasteiger partial charge in [0.05, 0.1) is 13.0 Å². The van der Waals surface area contributed by atoms with Gasteiger partial charge >= 0.3 is 11.6 Å². The van der Waals surface area contributed by atoms with Crippen molar-refractivity contribution in [2.75, 3.05) is 11.9 Å². The van der Waals surface area contributed by atoms with Crippen LogP contribution in [0.3, 0.4) is 0 Å². The quantitative estimate of drug-likeness (QED) is 0.0883. The Labute approximate surface area is 304 Å². The number of amides is 6. The van der Waals surface area contributed by atoms with E-state index >= 15 is 0 Å². The Morgan fingerprint density at radius 2 is 1.47 bits per heavy atom. The van der Waals surface area contributed by atoms with Crippen LogP contribution in [0.4, 0.5) is 5.69 Å². The Morgan fingerprint density at radius 1 is 0.792 bits per heavy atom. The first-order valence-electron chi connectivity index (χ1n) is 16.8. The van der Waals surface area contributed by atoms with Gasteiger partial charge in [-0.3, -0.25) is 33.6 Å². The highest BCUT2D eigenvalue weighted by Gasteiger charge is 2.32. The van der Waals surface area contributed by atoms with Crippen LogP contribution in [0.2, 0.25) is 0 Å². The molecular weight excluding hydrogens is 692 g/mol. The van der Waals surface area contributed by atoms with Crippen LogP contribution in [0, 0.1) is 5.92 Å². The number of carboxylic acids is 1. The topological polar surface area (TPSA) is 262 Å². The van der Waals surface area contributed by atoms with Crippen molar-refractivity contribution in [3.63, 3.8) is 0 Å². The minimum absolute atomic E-state index is 0.0181. The molecule has 284 valence electrons. The molecule has 0 unspecified atom stereocenters. The van der Waals surface area contributed by atoms with Gasteiger partial charge in [-0.1, -0.05) is 32.9 Å². The third-order valence-electron chi connectivity index (χ3n) is 8.00. The number of carbonyl (C=O) groups is 7. The third-order valence-corrected chi connectivity index (χ3v) is 8.00. The van der Waals surface area contributed by atoms with Crippen LogP contribution in [0.5, 0.6) is 5.75 Å². The lowest BCUT2D eigenvalue weighted by Crippen LogP contribution is -2.59. The fourth-order valence-corrected chi connectivity index (χ4v) is 5.25. The Bertz CT molecular complexity index is 1910. The summed E-state index contributed by atoms with van der Waals surface area (Å²) in [5.74, 6) is -6.39. The van der Waals surface area contributed by atoms with Gasteiger partial charge in [-0.25, -0.2) is 4.79 Å². The zero-order valence-electron chi connectivity index (χ0n) is 29.9. The normalized spacial score (nSPS) is 13.2. The first kappa shape index (κ1) is 41.2. The molecule has 2 aromatic carbocycles. The van der Waals surface area contributed by atoms with Crippen molar-refractivity contribution in [2.24, 2.45) is 5.92 Å². The van der Waals surface area contributed by atoms with Crippen LogP contribution in [0.15, 0.2) is 57.7 Å². The summed E-state index contributed by atoms with van der Waals surface area (Å²) in [7, 11) is 0. The van der Waals surface area contributed by atoms with Crippen molar-refractivity contribution in [3.05, 3.63) is 70.1 Å². The van der Waals surface area contributed by atoms with Crippen LogP contribution >= 0.6 is 0 Å². The van der Waals surface area contributed by atoms with Crippen molar-refractivity contribution >= 4 is 58.1 Å². The highest BCUT2D eigenvalue weighted by Crippen LogP contribution is 2.22. The number of phenolic OH excluding ortho intramolecular Hbond substituents is 1. The summed E-state index contributed by atoms with van der Waals surface area (Å²) < 4.78 is 5.18. The second kappa shape index (κ2) is 18.8. The van der Waals surface area contributed by atoms with Gasteiger partial charge in [0.1, 0.15) is 35.5 Å². The number of hydrogen-bond donors (Lipinski definition) is 8. The second-order valence-electron chi connectivity index (χ2n) is 12.7. The molecule has 8 N–H and O–H groups in total. The molecule has 4 atom stereocenters. The summed E-state index contributed by atoms with van der Waals surface area (Å²) in [6.45, 7) is 7.09. The van der Waals surface area contributed by atoms with Crippen molar-refractivity contribution in [1.82, 2.24) is 26.6 Å². The summed E-state index contributed by atoms with van der Waals surface area (Å²) in [6, 6.07) is 6.82. The van der Waals surface area contributed by atoms with Crippen LogP contribution < -0.4 is 37.5 Å². The number of hydrogen-bond acceptors (Lipinski definition) is 10. The van der Waals surface area contributed by atoms with E-state index in [1.807, 2.05) is 6.92 Å². The second-order valence-corrected chi connectivity index (χ2v) is 12.7. The molecule has 6 amide bonds. The molecular formula is C36H44N6O11. The van der Waals surface area contributed by atoms with Crippen molar-refractivity contribution < 1.29 is 48.2 Å². The molecule has 17 heteroatoms. The minimum Gasteiger partial charge on any atom is -0.508 e. The van der Waals surface area contributed by atoms with E-state index in [4.69, 9.17) is 4.42 Å². The number of aliphatic carboxylic acids is 1. The highest BCUT2D eigenvalue weighted by atomic mass is 16.4. The van der Waals surface area contributed by atoms with Crippen molar-refractivity contribution in [3.8, 4) is 5.75 Å². The SMILES string of the molecule is CCc1cc(=O)oc2ccc(NC(=O)CNC(=O)[C@H](CC(=O)O)NC(=O)[C@H](C)NC(=O)[C@@H](NC(=O)[C@H](Cc3ccc(O)cc3)NC(C)=O)C(C)C)cc12. The first-order chi connectivity index (χ1) is 25.0. The molecule has 0 radical (unpaired) electrons. The lowest BCUT2D eigenvalue weighted by molar-refractivity contribution is -0.141. The highest BCUT2D eigenvalue weighted by molar-refractivity contribution is 5.99. The molecule has 0 fully saturated rings. The maximum absolute atomic E-state index is 13.3. The zero-order chi connectivity index (χ0) is 39.4. The molecule has 0 bridgehead atoms. The predicted octanol–water partition coefficient (Wildman–Crippen LogP) is 0.468. The molecule has 0 aliphatic heterocycles. The molecule has 53 heavy (non-hydrogen) atoms. The average molecular weight is 737 g/mol. The first-order valence-corrected chi connectivity index (χ1v) is 16.8. The predicted molar refractivity (Wildman–Crippen MR) is 191 cm³/mol. The van der Waals surface area contributed by atoms with E-state index in [1.165, 1.54) is 44.2 Å². The summed E-state index contributed by atoms with van der Waals surface area (Å²) >= 11 is 0. The smallest absolute Gasteiger partial charge is 0.336 e. The van der Waals surface area contributed by atoms with Gasteiger partial charge in [0.25, 0.3) is 0 Å². The standard InChI is InChI=1S/C36H44N6O11/c1-6-22-14-31(48)53-28-12-9-23(15-25(22)28)40-29(45)17-37-34(50)27(16-30(46)47)41-33(49)19(4)38-36(52)32(18(2)3)42-35(51)26(39-20(5)43)13-21-7-10-24(44)11-8-21/h7-12,14-15,18-19,26-27,32,44H,6,13,16-17H2,1-5H3,(H,37,50)(H,38,52)(H,39,43)(H,40,45)(H,41,49)(H,42,51)(H,46,47)/t19-,26-,27-,32-/m0/s1. The Morgan fingerprint density at radius 3 is 2.08 bits per heavy atom. The van der Waals surface area contributed by atoms with E-state index in [0.29, 0.717) is 34.2 Å². The zero-order valence-corrected chi connectivity index (χ0v) is 29.9. The lowest BCUT2D eigenvalue weighted by atomic mass is 10.0. The van der Waals surface area contributed by atoms with Gasteiger partial charge in [-0.15, -0.1) is 0 Å². The van der Waals surface area contributed by atoms with Gasteiger partial charge in [-0.2, -0.15) is 0 Å². The van der Waals surface area contributed by atoms with E-state index in [2.05, 4.69) is 31.9 Å². The summed E-state index contributed by atoms with van der Waals surface area (Å²) in [4.78, 5) is 100. The molecule has 0 aliphatic rings. The molecule has 3 aromatic rings. The molecule has 1 heterocycles. The monoisotopic (exact) mass is 736 g/mol. The molecule has 1 aromatic heterocycles. The van der Waals surface area contributed by atoms with Crippen LogP contribution in [-0.4, -0.2) is 82.3 Å². The minimum atomic E-state index is -1.62. The number of benzene rings is 2. The summed E-state index contributed by atoms with van der Waals surface area (Å²) in [5, 5.41) is 34.3. The number of aromatic hydroxyl groups is 1. The Kier molecular flexibility index (Phi) is 14.6. The number of anilines is 1. The number of rotatable bonds is 17. The van der Waals surface area contributed by atoms with E-state index < -0.39 is 90.1 Å². The number of carbonyl (C=O) groups excluding carboxylic acids is 6. The average Bonchev–Trinajstić information content (AvgIpc) is 3.08. The van der Waals surface area contributed by atoms with Gasteiger partial charge < -0.3 is 46.5 Å². The van der Waals surface area contributed by atoms with Crippen LogP contribution in [0.25, 0.3) is 11.0 Å². The van der Waals surface area contributed by atoms with E-state index in [-0.39, 0.29) is 12.2 Å². The van der Waals surface area contributed by atoms with Gasteiger partial charge in [0, 0.05) is 30.5 Å². The van der Waals surface area contributed by atoms with Gasteiger partial charge in [0.15, 0.2) is 0 Å². The van der Waals surface area contributed by atoms with Gasteiger partial charge in [-0.05, 0) is 60.7 Å². The maximum atomic E-state index is 13.3. The largest absolute Gasteiger partial charge is 0.508 e. The number of phenols is 1. The Balaban J connectivity index is 1.61. The number of aryl methyl sites for hydroxylation is 1. The summed E-state index contributed by atoms with van der Waals surface area (Å²) in [6.07, 6.45) is -0.256. The molecule has 0 saturated carbocycles. The van der Waals surface area contributed by atoms with Gasteiger partial charge in [0.2, 0.25) is 35.4 Å². The fourth-order valence-electron chi connectivity index (χ4n) is 5.25. The van der Waals surface area contributed by atoms with Crippen molar-refractivity contribution in [1.29, 1.82) is 0 Å². The molecule has 0 spiro atoms. The van der Waals surface area contributed by atoms with Crippen molar-refractivity contribution in [2.45, 2.75) is 78.0 Å². The fraction of sp³-hybridized carbons (Fsp3) is 0.389. The van der Waals surface area contributed by atoms with E-state index in [9.17, 15) is 48.6 Å². The number of fused-ring (bicyclic) bond motifs is 1. The number of carboxylic acid groups (broad SMARTS) is 1. The number of nitrogens with one attached hydrogen (secondary N) is 6. The summed E-state index contributed by atoms with van der Waals surface area (Å²) in [5.41, 5.74) is 1.51. The van der Waals surface area contributed by atoms with E-state index in [1.54, 1.807) is 32.0 Å². The molecule has 17 nitrogen and oxygen atoms in total. The van der Waals surface area contributed by atoms with E-state index in [0.717, 1.165) is 0 Å². The molecule has 3 rings (SSSR count). The Hall–Kier alpha value is -6.26. The molecule has 0 aliphatic carbocycles. The maximum Gasteiger partial charge on any atom is 0.336 e. The van der Waals surface area contributed by atoms with Crippen LogP contribution in [0.1, 0.15) is 52.2 Å². The lowest BCUT2D eigenvalue weighted by Gasteiger charge is -2.27. The van der Waals surface area contributed by atoms with Crippen LogP contribution in [-0.2, 0) is 46.4 Å². The molecule has 0 saturated heterocycles.